The molecule has 0 radical (unpaired) electrons. The second-order valence-corrected chi connectivity index (χ2v) is 5.23. The minimum absolute atomic E-state index is 0.00273. The molecule has 0 aromatic carbocycles. The molecule has 0 aliphatic carbocycles. The van der Waals surface area contributed by atoms with Crippen LogP contribution in [-0.2, 0) is 14.3 Å². The summed E-state index contributed by atoms with van der Waals surface area (Å²) in [6.07, 6.45) is 0. The molecule has 0 aromatic rings. The third kappa shape index (κ3) is 3.43. The van der Waals surface area contributed by atoms with Crippen molar-refractivity contribution in [1.82, 2.24) is 10.2 Å². The van der Waals surface area contributed by atoms with Crippen molar-refractivity contribution >= 4 is 11.8 Å². The molecule has 0 spiro atoms. The Morgan fingerprint density at radius 2 is 2.06 bits per heavy atom. The number of rotatable bonds is 2. The van der Waals surface area contributed by atoms with E-state index in [1.807, 2.05) is 27.7 Å². The van der Waals surface area contributed by atoms with Crippen molar-refractivity contribution in [2.24, 2.45) is 5.41 Å². The molecule has 17 heavy (non-hydrogen) atoms. The van der Waals surface area contributed by atoms with E-state index >= 15 is 0 Å². The quantitative estimate of drug-likeness (QED) is 0.762. The van der Waals surface area contributed by atoms with Gasteiger partial charge in [0.05, 0.1) is 13.2 Å². The molecule has 1 rings (SSSR count). The van der Waals surface area contributed by atoms with Crippen molar-refractivity contribution < 1.29 is 14.3 Å². The number of carbonyl (C=O) groups is 2. The minimum Gasteiger partial charge on any atom is -0.377 e. The highest BCUT2D eigenvalue weighted by molar-refractivity contribution is 5.89. The van der Waals surface area contributed by atoms with Gasteiger partial charge in [0.1, 0.15) is 6.04 Å². The molecule has 5 heteroatoms. The normalized spacial score (nSPS) is 21.2. The van der Waals surface area contributed by atoms with Crippen LogP contribution in [0.1, 0.15) is 27.7 Å². The monoisotopic (exact) mass is 242 g/mol. The van der Waals surface area contributed by atoms with Gasteiger partial charge in [-0.25, -0.2) is 0 Å². The van der Waals surface area contributed by atoms with Crippen LogP contribution < -0.4 is 5.32 Å². The first-order valence-electron chi connectivity index (χ1n) is 6.04. The number of amides is 2. The van der Waals surface area contributed by atoms with Crippen molar-refractivity contribution in [3.8, 4) is 0 Å². The molecular weight excluding hydrogens is 220 g/mol. The first-order valence-corrected chi connectivity index (χ1v) is 6.04. The molecule has 1 unspecified atom stereocenters. The smallest absolute Gasteiger partial charge is 0.245 e. The van der Waals surface area contributed by atoms with E-state index in [0.29, 0.717) is 19.7 Å². The average molecular weight is 242 g/mol. The van der Waals surface area contributed by atoms with Gasteiger partial charge in [0.25, 0.3) is 0 Å². The zero-order valence-electron chi connectivity index (χ0n) is 11.1. The Balaban J connectivity index is 2.79. The fraction of sp³-hybridized carbons (Fsp3) is 0.833. The van der Waals surface area contributed by atoms with Crippen LogP contribution in [0.2, 0.25) is 0 Å². The van der Waals surface area contributed by atoms with Gasteiger partial charge in [-0.3, -0.25) is 9.59 Å². The largest absolute Gasteiger partial charge is 0.377 e. The summed E-state index contributed by atoms with van der Waals surface area (Å²) < 4.78 is 5.29. The molecule has 1 aliphatic rings. The van der Waals surface area contributed by atoms with Gasteiger partial charge in [0.15, 0.2) is 0 Å². The summed E-state index contributed by atoms with van der Waals surface area (Å²) in [6, 6.07) is -0.490. The van der Waals surface area contributed by atoms with E-state index < -0.39 is 11.5 Å². The average Bonchev–Trinajstić information content (AvgIpc) is 2.27. The van der Waals surface area contributed by atoms with Gasteiger partial charge in [-0.2, -0.15) is 0 Å². The van der Waals surface area contributed by atoms with Crippen LogP contribution in [0.25, 0.3) is 0 Å². The third-order valence-electron chi connectivity index (χ3n) is 2.68. The van der Waals surface area contributed by atoms with Crippen LogP contribution in [0.5, 0.6) is 0 Å². The van der Waals surface area contributed by atoms with E-state index in [-0.39, 0.29) is 18.4 Å². The summed E-state index contributed by atoms with van der Waals surface area (Å²) >= 11 is 0. The lowest BCUT2D eigenvalue weighted by Crippen LogP contribution is -2.58. The summed E-state index contributed by atoms with van der Waals surface area (Å²) in [5, 5.41) is 2.74. The summed E-state index contributed by atoms with van der Waals surface area (Å²) in [6.45, 7) is 9.27. The van der Waals surface area contributed by atoms with Gasteiger partial charge < -0.3 is 15.0 Å². The fourth-order valence-electron chi connectivity index (χ4n) is 1.79. The van der Waals surface area contributed by atoms with Crippen LogP contribution in [0.3, 0.4) is 0 Å². The van der Waals surface area contributed by atoms with Gasteiger partial charge >= 0.3 is 0 Å². The Hall–Kier alpha value is -1.10. The number of ether oxygens (including phenoxy) is 1. The van der Waals surface area contributed by atoms with E-state index in [4.69, 9.17) is 4.74 Å². The van der Waals surface area contributed by atoms with Crippen LogP contribution in [0.4, 0.5) is 0 Å². The molecule has 2 amide bonds. The second-order valence-electron chi connectivity index (χ2n) is 5.23. The molecular formula is C12H22N2O3. The van der Waals surface area contributed by atoms with Crippen molar-refractivity contribution in [1.29, 1.82) is 0 Å². The van der Waals surface area contributed by atoms with Crippen LogP contribution in [0.15, 0.2) is 0 Å². The molecule has 1 saturated heterocycles. The number of nitrogens with one attached hydrogen (secondary N) is 1. The summed E-state index contributed by atoms with van der Waals surface area (Å²) in [5.74, 6) is -0.137. The highest BCUT2D eigenvalue weighted by atomic mass is 16.5. The number of hydrogen-bond donors (Lipinski definition) is 1. The van der Waals surface area contributed by atoms with Gasteiger partial charge in [0, 0.05) is 18.5 Å². The van der Waals surface area contributed by atoms with E-state index in [2.05, 4.69) is 5.32 Å². The molecule has 1 aliphatic heterocycles. The summed E-state index contributed by atoms with van der Waals surface area (Å²) in [4.78, 5) is 25.7. The Kier molecular flexibility index (Phi) is 4.51. The molecule has 0 saturated carbocycles. The fourth-order valence-corrected chi connectivity index (χ4v) is 1.79. The zero-order chi connectivity index (χ0) is 13.1. The van der Waals surface area contributed by atoms with Gasteiger partial charge in [-0.15, -0.1) is 0 Å². The minimum atomic E-state index is -0.490. The number of likely N-dealkylation sites (N-methyl/N-ethyl adjacent to an activating group) is 1. The number of carbonyl (C=O) groups excluding carboxylic acids is 2. The molecule has 0 aromatic heterocycles. The molecule has 98 valence electrons. The molecule has 1 heterocycles. The lowest BCUT2D eigenvalue weighted by Gasteiger charge is -2.38. The number of nitrogens with zero attached hydrogens (tertiary/aromatic N) is 1. The lowest BCUT2D eigenvalue weighted by atomic mass is 9.93. The predicted molar refractivity (Wildman–Crippen MR) is 64.5 cm³/mol. The maximum Gasteiger partial charge on any atom is 0.245 e. The van der Waals surface area contributed by atoms with Crippen molar-refractivity contribution in [3.63, 3.8) is 0 Å². The number of morpholine rings is 1. The highest BCUT2D eigenvalue weighted by Gasteiger charge is 2.37. The zero-order valence-corrected chi connectivity index (χ0v) is 11.1. The lowest BCUT2D eigenvalue weighted by molar-refractivity contribution is -0.154. The highest BCUT2D eigenvalue weighted by Crippen LogP contribution is 2.20. The Morgan fingerprint density at radius 3 is 2.59 bits per heavy atom. The van der Waals surface area contributed by atoms with E-state index in [1.54, 1.807) is 4.90 Å². The van der Waals surface area contributed by atoms with Crippen molar-refractivity contribution in [2.45, 2.75) is 33.7 Å². The first-order chi connectivity index (χ1) is 7.88. The molecule has 1 atom stereocenters. The van der Waals surface area contributed by atoms with Crippen LogP contribution >= 0.6 is 0 Å². The SMILES string of the molecule is CCNC(=O)C1COCCN1C(=O)C(C)(C)C. The van der Waals surface area contributed by atoms with Gasteiger partial charge in [-0.1, -0.05) is 20.8 Å². The second kappa shape index (κ2) is 5.49. The Morgan fingerprint density at radius 1 is 1.41 bits per heavy atom. The third-order valence-corrected chi connectivity index (χ3v) is 2.68. The van der Waals surface area contributed by atoms with Crippen LogP contribution in [-0.4, -0.2) is 49.1 Å². The first kappa shape index (κ1) is 14.0. The maximum absolute atomic E-state index is 12.2. The van der Waals surface area contributed by atoms with Gasteiger partial charge in [-0.05, 0) is 6.92 Å². The van der Waals surface area contributed by atoms with Crippen molar-refractivity contribution in [3.05, 3.63) is 0 Å². The van der Waals surface area contributed by atoms with E-state index in [1.165, 1.54) is 0 Å². The summed E-state index contributed by atoms with van der Waals surface area (Å²) in [5.41, 5.74) is -0.470. The number of hydrogen-bond acceptors (Lipinski definition) is 3. The standard InChI is InChI=1S/C12H22N2O3/c1-5-13-10(15)9-8-17-7-6-14(9)11(16)12(2,3)4/h9H,5-8H2,1-4H3,(H,13,15). The predicted octanol–water partition coefficient (Wildman–Crippen LogP) is 0.396. The van der Waals surface area contributed by atoms with E-state index in [9.17, 15) is 9.59 Å². The molecule has 1 fully saturated rings. The summed E-state index contributed by atoms with van der Waals surface area (Å²) in [7, 11) is 0. The molecule has 0 bridgehead atoms. The van der Waals surface area contributed by atoms with Gasteiger partial charge in [0.2, 0.25) is 11.8 Å². The molecule has 1 N–H and O–H groups in total. The van der Waals surface area contributed by atoms with Crippen molar-refractivity contribution in [2.75, 3.05) is 26.3 Å². The Labute approximate surface area is 102 Å². The maximum atomic E-state index is 12.2. The van der Waals surface area contributed by atoms with E-state index in [0.717, 1.165) is 0 Å². The topological polar surface area (TPSA) is 58.6 Å². The van der Waals surface area contributed by atoms with Crippen LogP contribution in [0, 0.1) is 5.41 Å². The molecule has 5 nitrogen and oxygen atoms in total. The Bertz CT molecular complexity index is 297.